The van der Waals surface area contributed by atoms with Crippen molar-refractivity contribution < 1.29 is 42.6 Å². The summed E-state index contributed by atoms with van der Waals surface area (Å²) in [6.45, 7) is 0. The fourth-order valence-electron chi connectivity index (χ4n) is 6.84. The molecule has 10 aromatic rings. The van der Waals surface area contributed by atoms with Crippen LogP contribution in [-0.4, -0.2) is 0 Å². The fourth-order valence-corrected chi connectivity index (χ4v) is 6.84. The second-order valence-corrected chi connectivity index (χ2v) is 15.3. The van der Waals surface area contributed by atoms with Gasteiger partial charge in [0.15, 0.2) is 11.5 Å². The summed E-state index contributed by atoms with van der Waals surface area (Å²) in [5.41, 5.74) is 0. The fraction of sp³-hybridized carbons (Fsp3) is 0. The molecule has 0 aromatic heterocycles. The Morgan fingerprint density at radius 3 is 0.551 bits per heavy atom. The third-order valence-electron chi connectivity index (χ3n) is 10.2. The molecule has 0 unspecified atom stereocenters. The highest BCUT2D eigenvalue weighted by Gasteiger charge is 2.13. The van der Waals surface area contributed by atoms with Crippen LogP contribution < -0.4 is 42.6 Å². The Labute approximate surface area is 399 Å². The molecule has 0 bridgehead atoms. The molecule has 0 aliphatic carbocycles. The minimum Gasteiger partial charge on any atom is -0.457 e. The molecule has 0 spiro atoms. The van der Waals surface area contributed by atoms with Gasteiger partial charge >= 0.3 is 0 Å². The molecule has 0 heterocycles. The van der Waals surface area contributed by atoms with Gasteiger partial charge in [-0.3, -0.25) is 0 Å². The van der Waals surface area contributed by atoms with Gasteiger partial charge in [0.05, 0.1) is 0 Å². The molecule has 0 fully saturated rings. The van der Waals surface area contributed by atoms with E-state index in [0.717, 1.165) is 17.2 Å². The van der Waals surface area contributed by atoms with Crippen LogP contribution in [0.15, 0.2) is 255 Å². The Morgan fingerprint density at radius 1 is 0.130 bits per heavy atom. The molecule has 336 valence electrons. The predicted molar refractivity (Wildman–Crippen MR) is 265 cm³/mol. The van der Waals surface area contributed by atoms with Gasteiger partial charge in [-0.1, -0.05) is 54.6 Å². The summed E-state index contributed by atoms with van der Waals surface area (Å²) in [4.78, 5) is 0. The normalized spacial score (nSPS) is 10.6. The van der Waals surface area contributed by atoms with Crippen molar-refractivity contribution in [2.24, 2.45) is 0 Å². The van der Waals surface area contributed by atoms with E-state index in [1.165, 1.54) is 0 Å². The standard InChI is InChI=1S/C60H42O9/c1-4-10-43(11-5-1)61-46-16-22-49(23-17-46)64-52-28-30-55(31-29-52)67-58-40-41-59(68-56-36-32-53(33-37-56)65-50-24-18-47(19-25-50)62-44-12-6-2-7-13-44)60(42-58)69-57-38-34-54(35-39-57)66-51-26-20-48(21-27-51)63-45-14-8-3-9-15-45/h1-42H. The average Bonchev–Trinajstić information content (AvgIpc) is 3.39. The van der Waals surface area contributed by atoms with Gasteiger partial charge in [-0.05, 0) is 194 Å². The van der Waals surface area contributed by atoms with Gasteiger partial charge in [0, 0.05) is 6.07 Å². The maximum atomic E-state index is 6.47. The van der Waals surface area contributed by atoms with Crippen LogP contribution in [0.25, 0.3) is 0 Å². The van der Waals surface area contributed by atoms with Crippen LogP contribution in [0, 0.1) is 0 Å². The molecule has 10 aromatic carbocycles. The van der Waals surface area contributed by atoms with Gasteiger partial charge in [0.1, 0.15) is 92.0 Å². The molecule has 9 nitrogen and oxygen atoms in total. The number of hydrogen-bond donors (Lipinski definition) is 0. The summed E-state index contributed by atoms with van der Waals surface area (Å²) in [5.74, 6) is 11.5. The van der Waals surface area contributed by atoms with Crippen molar-refractivity contribution in [2.75, 3.05) is 0 Å². The van der Waals surface area contributed by atoms with E-state index in [-0.39, 0.29) is 0 Å². The first-order valence-corrected chi connectivity index (χ1v) is 22.1. The Kier molecular flexibility index (Phi) is 13.3. The molecule has 0 radical (unpaired) electrons. The topological polar surface area (TPSA) is 83.1 Å². The van der Waals surface area contributed by atoms with Crippen molar-refractivity contribution in [3.8, 4) is 103 Å². The summed E-state index contributed by atoms with van der Waals surface area (Å²) in [6, 6.07) is 78.7. The number of ether oxygens (including phenoxy) is 9. The first-order chi connectivity index (χ1) is 34.1. The van der Waals surface area contributed by atoms with Crippen molar-refractivity contribution in [1.82, 2.24) is 0 Å². The molecule has 0 atom stereocenters. The summed E-state index contributed by atoms with van der Waals surface area (Å²) >= 11 is 0. The quantitative estimate of drug-likeness (QED) is 0.0836. The SMILES string of the molecule is c1ccc(Oc2ccc(Oc3ccc(Oc4ccc(Oc5ccc(Oc6ccc(Oc7ccccc7)cc6)cc5)c(Oc5ccc(Oc6ccc(Oc7ccccc7)cc6)cc5)c4)cc3)cc2)cc1. The van der Waals surface area contributed by atoms with Gasteiger partial charge < -0.3 is 42.6 Å². The first-order valence-electron chi connectivity index (χ1n) is 22.1. The van der Waals surface area contributed by atoms with Gasteiger partial charge in [-0.25, -0.2) is 0 Å². The Hall–Kier alpha value is -9.60. The van der Waals surface area contributed by atoms with Crippen LogP contribution in [0.3, 0.4) is 0 Å². The van der Waals surface area contributed by atoms with Crippen molar-refractivity contribution >= 4 is 0 Å². The van der Waals surface area contributed by atoms with Crippen LogP contribution in [0.1, 0.15) is 0 Å². The van der Waals surface area contributed by atoms with Crippen molar-refractivity contribution in [3.63, 3.8) is 0 Å². The van der Waals surface area contributed by atoms with Crippen LogP contribution >= 0.6 is 0 Å². The van der Waals surface area contributed by atoms with Gasteiger partial charge in [-0.15, -0.1) is 0 Å². The van der Waals surface area contributed by atoms with Gasteiger partial charge in [-0.2, -0.15) is 0 Å². The molecule has 0 saturated heterocycles. The number of benzene rings is 10. The molecule has 69 heavy (non-hydrogen) atoms. The second kappa shape index (κ2) is 21.1. The molecule has 0 aliphatic rings. The number of hydrogen-bond acceptors (Lipinski definition) is 9. The Morgan fingerprint density at radius 2 is 0.304 bits per heavy atom. The van der Waals surface area contributed by atoms with E-state index in [4.69, 9.17) is 42.6 Å². The summed E-state index contributed by atoms with van der Waals surface area (Å²) in [5, 5.41) is 0. The van der Waals surface area contributed by atoms with Crippen molar-refractivity contribution in [3.05, 3.63) is 255 Å². The molecule has 10 rings (SSSR count). The van der Waals surface area contributed by atoms with Crippen LogP contribution in [0.4, 0.5) is 0 Å². The van der Waals surface area contributed by atoms with Gasteiger partial charge in [0.2, 0.25) is 0 Å². The lowest BCUT2D eigenvalue weighted by Crippen LogP contribution is -1.93. The minimum absolute atomic E-state index is 0.424. The third-order valence-corrected chi connectivity index (χ3v) is 10.2. The first kappa shape index (κ1) is 43.3. The zero-order chi connectivity index (χ0) is 46.5. The molecule has 0 N–H and O–H groups in total. The highest BCUT2D eigenvalue weighted by atomic mass is 16.5. The highest BCUT2D eigenvalue weighted by molar-refractivity contribution is 5.52. The lowest BCUT2D eigenvalue weighted by molar-refractivity contribution is 0.410. The molecular weight excluding hydrogens is 865 g/mol. The number of para-hydroxylation sites is 3. The maximum absolute atomic E-state index is 6.47. The summed E-state index contributed by atoms with van der Waals surface area (Å²) in [7, 11) is 0. The second-order valence-electron chi connectivity index (χ2n) is 15.3. The highest BCUT2D eigenvalue weighted by Crippen LogP contribution is 2.41. The molecule has 0 saturated carbocycles. The lowest BCUT2D eigenvalue weighted by atomic mass is 10.2. The van der Waals surface area contributed by atoms with E-state index in [2.05, 4.69) is 0 Å². The van der Waals surface area contributed by atoms with Gasteiger partial charge in [0.25, 0.3) is 0 Å². The maximum Gasteiger partial charge on any atom is 0.173 e. The van der Waals surface area contributed by atoms with Crippen molar-refractivity contribution in [2.45, 2.75) is 0 Å². The van der Waals surface area contributed by atoms with Crippen LogP contribution in [0.5, 0.6) is 103 Å². The van der Waals surface area contributed by atoms with E-state index in [1.54, 1.807) is 12.1 Å². The Balaban J connectivity index is 0.811. The zero-order valence-corrected chi connectivity index (χ0v) is 36.9. The molecule has 9 heteroatoms. The van der Waals surface area contributed by atoms with E-state index in [1.807, 2.05) is 243 Å². The lowest BCUT2D eigenvalue weighted by Gasteiger charge is -2.15. The van der Waals surface area contributed by atoms with E-state index in [0.29, 0.717) is 86.2 Å². The summed E-state index contributed by atoms with van der Waals surface area (Å²) in [6.07, 6.45) is 0. The van der Waals surface area contributed by atoms with Crippen molar-refractivity contribution in [1.29, 1.82) is 0 Å². The largest absolute Gasteiger partial charge is 0.457 e. The molecule has 0 aliphatic heterocycles. The zero-order valence-electron chi connectivity index (χ0n) is 36.9. The molecular formula is C60H42O9. The summed E-state index contributed by atoms with van der Waals surface area (Å²) < 4.78 is 55.3. The molecule has 0 amide bonds. The van der Waals surface area contributed by atoms with Crippen LogP contribution in [-0.2, 0) is 0 Å². The van der Waals surface area contributed by atoms with Crippen LogP contribution in [0.2, 0.25) is 0 Å². The predicted octanol–water partition coefficient (Wildman–Crippen LogP) is 17.8. The third kappa shape index (κ3) is 12.2. The number of rotatable bonds is 18. The average molecular weight is 907 g/mol. The van der Waals surface area contributed by atoms with E-state index < -0.39 is 0 Å². The van der Waals surface area contributed by atoms with E-state index >= 15 is 0 Å². The monoisotopic (exact) mass is 906 g/mol. The Bertz CT molecular complexity index is 3170. The smallest absolute Gasteiger partial charge is 0.173 e. The minimum atomic E-state index is 0.424. The van der Waals surface area contributed by atoms with E-state index in [9.17, 15) is 0 Å².